The summed E-state index contributed by atoms with van der Waals surface area (Å²) >= 11 is 5.57. The molecule has 2 aliphatic heterocycles. The van der Waals surface area contributed by atoms with Crippen LogP contribution in [0.3, 0.4) is 0 Å². The van der Waals surface area contributed by atoms with E-state index in [9.17, 15) is 27.6 Å². The van der Waals surface area contributed by atoms with Crippen molar-refractivity contribution in [3.8, 4) is 0 Å². The van der Waals surface area contributed by atoms with Gasteiger partial charge in [-0.1, -0.05) is 6.07 Å². The lowest BCUT2D eigenvalue weighted by Crippen LogP contribution is -2.45. The summed E-state index contributed by atoms with van der Waals surface area (Å²) in [7, 11) is 1.26. The highest BCUT2D eigenvalue weighted by atomic mass is 32.1. The summed E-state index contributed by atoms with van der Waals surface area (Å²) in [6.07, 6.45) is -4.88. The first-order valence-corrected chi connectivity index (χ1v) is 12.6. The van der Waals surface area contributed by atoms with Gasteiger partial charge in [-0.25, -0.2) is 4.79 Å². The average Bonchev–Trinajstić information content (AvgIpc) is 3.15. The number of halogens is 3. The molecule has 2 aliphatic rings. The van der Waals surface area contributed by atoms with Crippen LogP contribution in [0.4, 0.5) is 24.5 Å². The number of nitrogens with one attached hydrogen (secondary N) is 1. The van der Waals surface area contributed by atoms with E-state index >= 15 is 0 Å². The van der Waals surface area contributed by atoms with Gasteiger partial charge in [-0.3, -0.25) is 19.4 Å². The van der Waals surface area contributed by atoms with E-state index in [1.807, 2.05) is 0 Å². The van der Waals surface area contributed by atoms with Crippen LogP contribution in [0.1, 0.15) is 22.3 Å². The third-order valence-corrected chi connectivity index (χ3v) is 6.90. The Hall–Kier alpha value is -3.55. The molecule has 4 rings (SSSR count). The van der Waals surface area contributed by atoms with Crippen LogP contribution in [0.25, 0.3) is 0 Å². The number of carbonyl (C=O) groups is 3. The van der Waals surface area contributed by atoms with Crippen molar-refractivity contribution in [1.29, 1.82) is 0 Å². The highest BCUT2D eigenvalue weighted by Crippen LogP contribution is 2.34. The molecule has 0 saturated carbocycles. The van der Waals surface area contributed by atoms with Gasteiger partial charge in [0.1, 0.15) is 6.04 Å². The first kappa shape index (κ1) is 28.5. The number of alkyl halides is 3. The monoisotopic (exact) mass is 564 g/mol. The molecule has 0 unspecified atom stereocenters. The number of methoxy groups -OCH3 is 1. The Morgan fingerprint density at radius 3 is 2.44 bits per heavy atom. The lowest BCUT2D eigenvalue weighted by Gasteiger charge is -2.30. The summed E-state index contributed by atoms with van der Waals surface area (Å²) in [5, 5.41) is 2.73. The minimum absolute atomic E-state index is 0.0162. The van der Waals surface area contributed by atoms with Gasteiger partial charge in [0.25, 0.3) is 5.91 Å². The van der Waals surface area contributed by atoms with Crippen LogP contribution in [-0.2, 0) is 25.2 Å². The van der Waals surface area contributed by atoms with Crippen molar-refractivity contribution in [2.24, 2.45) is 0 Å². The van der Waals surface area contributed by atoms with E-state index in [0.29, 0.717) is 50.6 Å². The highest BCUT2D eigenvalue weighted by Gasteiger charge is 2.44. The molecule has 0 aliphatic carbocycles. The van der Waals surface area contributed by atoms with Gasteiger partial charge in [0.15, 0.2) is 5.11 Å². The Bertz CT molecular complexity index is 1230. The van der Waals surface area contributed by atoms with Crippen LogP contribution < -0.4 is 10.2 Å². The largest absolute Gasteiger partial charge is 0.465 e. The summed E-state index contributed by atoms with van der Waals surface area (Å²) < 4.78 is 50.1. The van der Waals surface area contributed by atoms with E-state index < -0.39 is 35.6 Å². The minimum Gasteiger partial charge on any atom is -0.465 e. The number of hydrogen-bond acceptors (Lipinski definition) is 7. The van der Waals surface area contributed by atoms with E-state index in [1.54, 1.807) is 4.90 Å². The quantitative estimate of drug-likeness (QED) is 0.387. The van der Waals surface area contributed by atoms with E-state index in [0.717, 1.165) is 17.0 Å². The highest BCUT2D eigenvalue weighted by molar-refractivity contribution is 7.80. The van der Waals surface area contributed by atoms with Crippen LogP contribution in [0.2, 0.25) is 0 Å². The van der Waals surface area contributed by atoms with Crippen molar-refractivity contribution < 1.29 is 37.0 Å². The molecule has 13 heteroatoms. The summed E-state index contributed by atoms with van der Waals surface area (Å²) in [4.78, 5) is 42.9. The molecule has 208 valence electrons. The molecule has 2 saturated heterocycles. The normalized spacial score (nSPS) is 18.4. The molecule has 1 atom stereocenters. The third kappa shape index (κ3) is 6.72. The number of esters is 1. The number of anilines is 2. The fraction of sp³-hybridized carbons (Fsp3) is 0.385. The molecule has 0 aromatic heterocycles. The second-order valence-corrected chi connectivity index (χ2v) is 9.35. The predicted molar refractivity (Wildman–Crippen MR) is 140 cm³/mol. The summed E-state index contributed by atoms with van der Waals surface area (Å²) in [6.45, 7) is 3.35. The Kier molecular flexibility index (Phi) is 8.83. The average molecular weight is 565 g/mol. The fourth-order valence-electron chi connectivity index (χ4n) is 4.42. The Balaban J connectivity index is 1.53. The van der Waals surface area contributed by atoms with Gasteiger partial charge < -0.3 is 19.7 Å². The maximum Gasteiger partial charge on any atom is 0.416 e. The molecule has 0 bridgehead atoms. The van der Waals surface area contributed by atoms with Crippen molar-refractivity contribution in [3.63, 3.8) is 0 Å². The van der Waals surface area contributed by atoms with Gasteiger partial charge in [-0.15, -0.1) is 0 Å². The van der Waals surface area contributed by atoms with Crippen LogP contribution >= 0.6 is 12.2 Å². The number of hydrogen-bond donors (Lipinski definition) is 1. The number of benzene rings is 2. The number of amides is 2. The second kappa shape index (κ2) is 12.1. The van der Waals surface area contributed by atoms with Crippen LogP contribution in [0.5, 0.6) is 0 Å². The zero-order valence-electron chi connectivity index (χ0n) is 21.1. The number of morpholine rings is 1. The molecular weight excluding hydrogens is 537 g/mol. The number of carbonyl (C=O) groups excluding carboxylic acids is 3. The van der Waals surface area contributed by atoms with Crippen LogP contribution in [0.15, 0.2) is 48.5 Å². The van der Waals surface area contributed by atoms with Gasteiger partial charge in [0.2, 0.25) is 5.91 Å². The SMILES string of the molecule is COC(=O)c1ccc(NC(=O)C[C@H]2C(=O)N(c3cccc(C(F)(F)F)c3)C(=S)N2CCN2CCOCC2)cc1. The molecular formula is C26H27F3N4O5S. The van der Waals surface area contributed by atoms with Gasteiger partial charge in [0.05, 0.1) is 43.6 Å². The zero-order chi connectivity index (χ0) is 28.2. The van der Waals surface area contributed by atoms with Crippen molar-refractivity contribution in [3.05, 3.63) is 59.7 Å². The summed E-state index contributed by atoms with van der Waals surface area (Å²) in [6, 6.07) is 9.39. The Labute approximate surface area is 228 Å². The van der Waals surface area contributed by atoms with Gasteiger partial charge >= 0.3 is 12.1 Å². The second-order valence-electron chi connectivity index (χ2n) is 8.99. The van der Waals surface area contributed by atoms with Crippen molar-refractivity contribution in [2.45, 2.75) is 18.6 Å². The number of rotatable bonds is 8. The van der Waals surface area contributed by atoms with Crippen molar-refractivity contribution in [2.75, 3.05) is 56.7 Å². The molecule has 2 aromatic carbocycles. The van der Waals surface area contributed by atoms with E-state index in [2.05, 4.69) is 15.0 Å². The molecule has 2 amide bonds. The predicted octanol–water partition coefficient (Wildman–Crippen LogP) is 3.16. The van der Waals surface area contributed by atoms with Crippen LogP contribution in [-0.4, -0.2) is 85.2 Å². The molecule has 0 radical (unpaired) electrons. The first-order valence-electron chi connectivity index (χ1n) is 12.2. The minimum atomic E-state index is -4.60. The number of thiocarbonyl (C=S) groups is 1. The number of ether oxygens (including phenoxy) is 2. The lowest BCUT2D eigenvalue weighted by atomic mass is 10.1. The van der Waals surface area contributed by atoms with E-state index in [1.165, 1.54) is 43.5 Å². The molecule has 2 aromatic rings. The third-order valence-electron chi connectivity index (χ3n) is 6.48. The summed E-state index contributed by atoms with van der Waals surface area (Å²) in [5.74, 6) is -1.61. The van der Waals surface area contributed by atoms with E-state index in [-0.39, 0.29) is 17.2 Å². The molecule has 1 N–H and O–H groups in total. The summed E-state index contributed by atoms with van der Waals surface area (Å²) in [5.41, 5.74) is -0.224. The molecule has 2 fully saturated rings. The molecule has 9 nitrogen and oxygen atoms in total. The molecule has 2 heterocycles. The smallest absolute Gasteiger partial charge is 0.416 e. The Morgan fingerprint density at radius 1 is 1.10 bits per heavy atom. The lowest BCUT2D eigenvalue weighted by molar-refractivity contribution is -0.137. The molecule has 0 spiro atoms. The standard InChI is InChI=1S/C26H27F3N4O5S/c1-37-24(36)17-5-7-19(8-6-17)30-22(34)16-21-23(35)33(20-4-2-3-18(15-20)26(27,28)29)25(39)32(21)10-9-31-11-13-38-14-12-31/h2-8,15,21H,9-14,16H2,1H3,(H,30,34)/t21-/m0/s1. The van der Waals surface area contributed by atoms with Crippen LogP contribution in [0, 0.1) is 0 Å². The Morgan fingerprint density at radius 2 is 1.79 bits per heavy atom. The maximum atomic E-state index is 13.5. The first-order chi connectivity index (χ1) is 18.6. The van der Waals surface area contributed by atoms with Crippen molar-refractivity contribution in [1.82, 2.24) is 9.80 Å². The number of nitrogens with zero attached hydrogens (tertiary/aromatic N) is 3. The zero-order valence-corrected chi connectivity index (χ0v) is 21.9. The fourth-order valence-corrected chi connectivity index (χ4v) is 4.83. The van der Waals surface area contributed by atoms with Crippen molar-refractivity contribution >= 4 is 46.5 Å². The van der Waals surface area contributed by atoms with E-state index in [4.69, 9.17) is 17.0 Å². The van der Waals surface area contributed by atoms with Gasteiger partial charge in [0, 0.05) is 31.9 Å². The maximum absolute atomic E-state index is 13.5. The topological polar surface area (TPSA) is 91.4 Å². The van der Waals surface area contributed by atoms with Gasteiger partial charge in [-0.05, 0) is 54.7 Å². The molecule has 39 heavy (non-hydrogen) atoms. The van der Waals surface area contributed by atoms with Gasteiger partial charge in [-0.2, -0.15) is 13.2 Å².